The summed E-state index contributed by atoms with van der Waals surface area (Å²) >= 11 is 0. The fraction of sp³-hybridized carbons (Fsp3) is 0.667. The molecule has 3 heteroatoms. The molecule has 1 aromatic heterocycles. The van der Waals surface area contributed by atoms with Gasteiger partial charge in [-0.05, 0) is 43.5 Å². The molecule has 0 atom stereocenters. The van der Waals surface area contributed by atoms with E-state index in [9.17, 15) is 0 Å². The Bertz CT molecular complexity index is 278. The Labute approximate surface area is 91.5 Å². The Hall–Kier alpha value is -0.960. The lowest BCUT2D eigenvalue weighted by atomic mass is 9.94. The van der Waals surface area contributed by atoms with Crippen molar-refractivity contribution in [1.29, 1.82) is 0 Å². The van der Waals surface area contributed by atoms with Crippen LogP contribution in [0.15, 0.2) is 18.5 Å². The molecule has 82 valence electrons. The first kappa shape index (κ1) is 10.6. The summed E-state index contributed by atoms with van der Waals surface area (Å²) in [6, 6.07) is 2.05. The molecule has 0 unspecified atom stereocenters. The van der Waals surface area contributed by atoms with Gasteiger partial charge >= 0.3 is 0 Å². The Morgan fingerprint density at radius 3 is 2.73 bits per heavy atom. The lowest BCUT2D eigenvalue weighted by Gasteiger charge is -2.31. The van der Waals surface area contributed by atoms with E-state index in [1.54, 1.807) is 6.20 Å². The normalized spacial score (nSPS) is 19.3. The zero-order chi connectivity index (χ0) is 10.5. The Morgan fingerprint density at radius 1 is 1.33 bits per heavy atom. The van der Waals surface area contributed by atoms with Gasteiger partial charge in [-0.2, -0.15) is 10.2 Å². The third kappa shape index (κ3) is 2.99. The van der Waals surface area contributed by atoms with E-state index in [1.165, 1.54) is 37.9 Å². The summed E-state index contributed by atoms with van der Waals surface area (Å²) in [5.41, 5.74) is 1.28. The van der Waals surface area contributed by atoms with Crippen LogP contribution >= 0.6 is 0 Å². The molecule has 15 heavy (non-hydrogen) atoms. The highest BCUT2D eigenvalue weighted by atomic mass is 15.1. The van der Waals surface area contributed by atoms with Crippen molar-refractivity contribution < 1.29 is 0 Å². The molecule has 0 aromatic carbocycles. The number of likely N-dealkylation sites (tertiary alicyclic amines) is 1. The van der Waals surface area contributed by atoms with Gasteiger partial charge in [0.15, 0.2) is 0 Å². The van der Waals surface area contributed by atoms with Gasteiger partial charge in [0.25, 0.3) is 0 Å². The Kier molecular flexibility index (Phi) is 3.67. The molecule has 0 spiro atoms. The molecule has 2 rings (SSSR count). The maximum Gasteiger partial charge on any atom is 0.0541 e. The number of hydrogen-bond donors (Lipinski definition) is 0. The molecule has 1 aliphatic heterocycles. The average Bonchev–Trinajstić information content (AvgIpc) is 2.31. The molecule has 0 N–H and O–H groups in total. The molecule has 2 heterocycles. The highest BCUT2D eigenvalue weighted by Crippen LogP contribution is 2.20. The van der Waals surface area contributed by atoms with E-state index in [2.05, 4.69) is 28.1 Å². The van der Waals surface area contributed by atoms with E-state index in [-0.39, 0.29) is 0 Å². The summed E-state index contributed by atoms with van der Waals surface area (Å²) in [5.74, 6) is 0.955. The lowest BCUT2D eigenvalue weighted by molar-refractivity contribution is 0.175. The van der Waals surface area contributed by atoms with Gasteiger partial charge in [-0.3, -0.25) is 4.90 Å². The van der Waals surface area contributed by atoms with Crippen molar-refractivity contribution in [1.82, 2.24) is 15.1 Å². The molecule has 1 saturated heterocycles. The highest BCUT2D eigenvalue weighted by molar-refractivity contribution is 5.05. The first-order chi connectivity index (χ1) is 7.38. The predicted molar refractivity (Wildman–Crippen MR) is 60.3 cm³/mol. The number of aromatic nitrogens is 2. The third-order valence-electron chi connectivity index (χ3n) is 3.34. The highest BCUT2D eigenvalue weighted by Gasteiger charge is 2.17. The molecule has 0 bridgehead atoms. The molecular weight excluding hydrogens is 186 g/mol. The molecular formula is C12H19N3. The van der Waals surface area contributed by atoms with E-state index in [4.69, 9.17) is 0 Å². The van der Waals surface area contributed by atoms with Crippen LogP contribution in [0.1, 0.15) is 31.7 Å². The van der Waals surface area contributed by atoms with E-state index in [0.717, 1.165) is 12.5 Å². The zero-order valence-corrected chi connectivity index (χ0v) is 9.39. The second-order valence-electron chi connectivity index (χ2n) is 4.38. The van der Waals surface area contributed by atoms with Gasteiger partial charge in [0.2, 0.25) is 0 Å². The molecule has 0 aliphatic carbocycles. The molecule has 3 nitrogen and oxygen atoms in total. The standard InChI is InChI=1S/C12H19N3/c1-2-11-4-7-15(8-5-11)10-12-3-6-13-14-9-12/h3,6,9,11H,2,4-5,7-8,10H2,1H3. The van der Waals surface area contributed by atoms with Gasteiger partial charge in [-0.25, -0.2) is 0 Å². The number of nitrogens with zero attached hydrogens (tertiary/aromatic N) is 3. The van der Waals surface area contributed by atoms with Crippen LogP contribution in [-0.2, 0) is 6.54 Å². The molecule has 1 fully saturated rings. The lowest BCUT2D eigenvalue weighted by Crippen LogP contribution is -2.33. The first-order valence-electron chi connectivity index (χ1n) is 5.86. The molecule has 0 radical (unpaired) electrons. The average molecular weight is 205 g/mol. The fourth-order valence-corrected chi connectivity index (χ4v) is 2.22. The second-order valence-corrected chi connectivity index (χ2v) is 4.38. The maximum absolute atomic E-state index is 3.90. The van der Waals surface area contributed by atoms with Crippen molar-refractivity contribution in [3.8, 4) is 0 Å². The monoisotopic (exact) mass is 205 g/mol. The van der Waals surface area contributed by atoms with Gasteiger partial charge in [0, 0.05) is 12.7 Å². The summed E-state index contributed by atoms with van der Waals surface area (Å²) in [6.45, 7) is 5.81. The van der Waals surface area contributed by atoms with Crippen molar-refractivity contribution in [2.24, 2.45) is 5.92 Å². The van der Waals surface area contributed by atoms with Crippen molar-refractivity contribution >= 4 is 0 Å². The zero-order valence-electron chi connectivity index (χ0n) is 9.39. The van der Waals surface area contributed by atoms with Gasteiger partial charge in [-0.1, -0.05) is 13.3 Å². The second kappa shape index (κ2) is 5.21. The number of rotatable bonds is 3. The van der Waals surface area contributed by atoms with Crippen LogP contribution in [0.4, 0.5) is 0 Å². The largest absolute Gasteiger partial charge is 0.299 e. The van der Waals surface area contributed by atoms with Crippen LogP contribution in [0.25, 0.3) is 0 Å². The number of piperidine rings is 1. The van der Waals surface area contributed by atoms with E-state index < -0.39 is 0 Å². The molecule has 0 amide bonds. The topological polar surface area (TPSA) is 29.0 Å². The Morgan fingerprint density at radius 2 is 2.13 bits per heavy atom. The van der Waals surface area contributed by atoms with E-state index in [0.29, 0.717) is 0 Å². The van der Waals surface area contributed by atoms with E-state index in [1.807, 2.05) is 6.20 Å². The van der Waals surface area contributed by atoms with Crippen LogP contribution in [0.2, 0.25) is 0 Å². The van der Waals surface area contributed by atoms with Gasteiger partial charge in [0.05, 0.1) is 6.20 Å². The van der Waals surface area contributed by atoms with Crippen molar-refractivity contribution in [2.45, 2.75) is 32.7 Å². The Balaban J connectivity index is 1.82. The minimum absolute atomic E-state index is 0.955. The minimum Gasteiger partial charge on any atom is -0.299 e. The van der Waals surface area contributed by atoms with Crippen molar-refractivity contribution in [3.05, 3.63) is 24.0 Å². The summed E-state index contributed by atoms with van der Waals surface area (Å²) in [5, 5.41) is 7.70. The quantitative estimate of drug-likeness (QED) is 0.756. The van der Waals surface area contributed by atoms with Crippen LogP contribution in [0.5, 0.6) is 0 Å². The smallest absolute Gasteiger partial charge is 0.0541 e. The molecule has 1 aromatic rings. The SMILES string of the molecule is CCC1CCN(Cc2ccnnc2)CC1. The van der Waals surface area contributed by atoms with Crippen molar-refractivity contribution in [2.75, 3.05) is 13.1 Å². The van der Waals surface area contributed by atoms with Gasteiger partial charge in [0.1, 0.15) is 0 Å². The number of hydrogen-bond acceptors (Lipinski definition) is 3. The van der Waals surface area contributed by atoms with Gasteiger partial charge in [-0.15, -0.1) is 0 Å². The van der Waals surface area contributed by atoms with Crippen LogP contribution < -0.4 is 0 Å². The molecule has 1 aliphatic rings. The third-order valence-corrected chi connectivity index (χ3v) is 3.34. The van der Waals surface area contributed by atoms with Crippen molar-refractivity contribution in [3.63, 3.8) is 0 Å². The van der Waals surface area contributed by atoms with Crippen LogP contribution in [-0.4, -0.2) is 28.2 Å². The molecule has 0 saturated carbocycles. The fourth-order valence-electron chi connectivity index (χ4n) is 2.22. The van der Waals surface area contributed by atoms with E-state index >= 15 is 0 Å². The van der Waals surface area contributed by atoms with Gasteiger partial charge < -0.3 is 0 Å². The van der Waals surface area contributed by atoms with Crippen LogP contribution in [0, 0.1) is 5.92 Å². The summed E-state index contributed by atoms with van der Waals surface area (Å²) in [6.07, 6.45) is 7.69. The summed E-state index contributed by atoms with van der Waals surface area (Å²) in [7, 11) is 0. The predicted octanol–water partition coefficient (Wildman–Crippen LogP) is 2.10. The summed E-state index contributed by atoms with van der Waals surface area (Å²) in [4.78, 5) is 2.52. The summed E-state index contributed by atoms with van der Waals surface area (Å²) < 4.78 is 0. The maximum atomic E-state index is 3.90. The first-order valence-corrected chi connectivity index (χ1v) is 5.86. The minimum atomic E-state index is 0.955. The van der Waals surface area contributed by atoms with Crippen LogP contribution in [0.3, 0.4) is 0 Å².